The monoisotopic (exact) mass is 209 g/mol. The Labute approximate surface area is 88.8 Å². The van der Waals surface area contributed by atoms with Crippen molar-refractivity contribution in [2.75, 3.05) is 0 Å². The van der Waals surface area contributed by atoms with E-state index in [2.05, 4.69) is 4.98 Å². The molecule has 1 saturated carbocycles. The van der Waals surface area contributed by atoms with Crippen molar-refractivity contribution in [2.24, 2.45) is 0 Å². The Morgan fingerprint density at radius 1 is 1.36 bits per heavy atom. The summed E-state index contributed by atoms with van der Waals surface area (Å²) in [5.41, 5.74) is 0.771. The van der Waals surface area contributed by atoms with Gasteiger partial charge in [0.05, 0.1) is 17.3 Å². The predicted molar refractivity (Wildman–Crippen MR) is 58.3 cm³/mol. The van der Waals surface area contributed by atoms with Crippen molar-refractivity contribution in [1.82, 2.24) is 4.98 Å². The maximum absolute atomic E-state index is 8.95. The highest BCUT2D eigenvalue weighted by Gasteiger charge is 2.16. The lowest BCUT2D eigenvalue weighted by atomic mass is 10.4. The molecule has 0 bridgehead atoms. The summed E-state index contributed by atoms with van der Waals surface area (Å²) in [5.74, 6) is 0. The topological polar surface area (TPSA) is 33.1 Å². The minimum atomic E-state index is 0.0407. The van der Waals surface area contributed by atoms with Crippen LogP contribution >= 0.6 is 11.8 Å². The van der Waals surface area contributed by atoms with Crippen LogP contribution in [0.1, 0.15) is 31.4 Å². The Morgan fingerprint density at radius 2 is 2.14 bits per heavy atom. The minimum Gasteiger partial charge on any atom is -0.390 e. The van der Waals surface area contributed by atoms with E-state index < -0.39 is 0 Å². The third-order valence-electron chi connectivity index (χ3n) is 2.53. The molecule has 0 spiro atoms. The van der Waals surface area contributed by atoms with Gasteiger partial charge in [-0.25, -0.2) is 4.98 Å². The standard InChI is InChI=1S/C11H15NOS/c13-8-9-4-3-7-11(12-9)14-10-5-1-2-6-10/h3-4,7,10,13H,1-2,5-6,8H2. The van der Waals surface area contributed by atoms with Crippen LogP contribution in [0.5, 0.6) is 0 Å². The Hall–Kier alpha value is -0.540. The van der Waals surface area contributed by atoms with Crippen molar-refractivity contribution >= 4 is 11.8 Å². The number of pyridine rings is 1. The molecule has 2 nitrogen and oxygen atoms in total. The van der Waals surface area contributed by atoms with Crippen molar-refractivity contribution in [3.05, 3.63) is 23.9 Å². The van der Waals surface area contributed by atoms with Crippen LogP contribution in [-0.2, 0) is 6.61 Å². The van der Waals surface area contributed by atoms with Crippen molar-refractivity contribution < 1.29 is 5.11 Å². The molecule has 3 heteroatoms. The van der Waals surface area contributed by atoms with Gasteiger partial charge >= 0.3 is 0 Å². The van der Waals surface area contributed by atoms with Gasteiger partial charge in [0, 0.05) is 5.25 Å². The van der Waals surface area contributed by atoms with Crippen LogP contribution in [0.4, 0.5) is 0 Å². The highest BCUT2D eigenvalue weighted by molar-refractivity contribution is 7.99. The molecule has 1 aliphatic carbocycles. The first-order valence-corrected chi connectivity index (χ1v) is 6.00. The summed E-state index contributed by atoms with van der Waals surface area (Å²) >= 11 is 1.86. The lowest BCUT2D eigenvalue weighted by Crippen LogP contribution is -1.96. The number of thioether (sulfide) groups is 1. The molecule has 0 radical (unpaired) electrons. The van der Waals surface area contributed by atoms with E-state index >= 15 is 0 Å². The molecule has 0 aromatic carbocycles. The van der Waals surface area contributed by atoms with Gasteiger partial charge in [-0.05, 0) is 25.0 Å². The van der Waals surface area contributed by atoms with Gasteiger partial charge in [-0.15, -0.1) is 11.8 Å². The fourth-order valence-electron chi connectivity index (χ4n) is 1.79. The van der Waals surface area contributed by atoms with E-state index in [1.165, 1.54) is 25.7 Å². The number of rotatable bonds is 3. The summed E-state index contributed by atoms with van der Waals surface area (Å²) in [4.78, 5) is 4.37. The van der Waals surface area contributed by atoms with Crippen LogP contribution < -0.4 is 0 Å². The molecule has 1 aromatic rings. The molecular weight excluding hydrogens is 194 g/mol. The van der Waals surface area contributed by atoms with Gasteiger partial charge in [0.1, 0.15) is 0 Å². The maximum Gasteiger partial charge on any atom is 0.0966 e. The fraction of sp³-hybridized carbons (Fsp3) is 0.545. The molecule has 1 aromatic heterocycles. The summed E-state index contributed by atoms with van der Waals surface area (Å²) in [6.45, 7) is 0.0407. The molecule has 1 heterocycles. The summed E-state index contributed by atoms with van der Waals surface area (Å²) in [5, 5.41) is 10.8. The second-order valence-electron chi connectivity index (χ2n) is 3.65. The van der Waals surface area contributed by atoms with Crippen LogP contribution in [0.2, 0.25) is 0 Å². The number of aromatic nitrogens is 1. The van der Waals surface area contributed by atoms with Gasteiger partial charge in [0.25, 0.3) is 0 Å². The van der Waals surface area contributed by atoms with E-state index in [0.29, 0.717) is 0 Å². The second kappa shape index (κ2) is 4.80. The van der Waals surface area contributed by atoms with E-state index in [-0.39, 0.29) is 6.61 Å². The van der Waals surface area contributed by atoms with Gasteiger partial charge in [-0.2, -0.15) is 0 Å². The second-order valence-corrected chi connectivity index (χ2v) is 4.97. The number of hydrogen-bond donors (Lipinski definition) is 1. The maximum atomic E-state index is 8.95. The molecule has 1 N–H and O–H groups in total. The molecular formula is C11H15NOS. The Bertz CT molecular complexity index is 297. The molecule has 0 amide bonds. The van der Waals surface area contributed by atoms with E-state index in [1.54, 1.807) is 0 Å². The lowest BCUT2D eigenvalue weighted by molar-refractivity contribution is 0.276. The van der Waals surface area contributed by atoms with Gasteiger partial charge in [0.15, 0.2) is 0 Å². The smallest absolute Gasteiger partial charge is 0.0966 e. The molecule has 2 rings (SSSR count). The summed E-state index contributed by atoms with van der Waals surface area (Å²) in [7, 11) is 0. The Balaban J connectivity index is 2.00. The van der Waals surface area contributed by atoms with Gasteiger partial charge in [-0.3, -0.25) is 0 Å². The zero-order chi connectivity index (χ0) is 9.80. The Kier molecular flexibility index (Phi) is 3.43. The number of hydrogen-bond acceptors (Lipinski definition) is 3. The van der Waals surface area contributed by atoms with Crippen LogP contribution in [-0.4, -0.2) is 15.3 Å². The average Bonchev–Trinajstić information content (AvgIpc) is 2.71. The largest absolute Gasteiger partial charge is 0.390 e. The molecule has 76 valence electrons. The van der Waals surface area contributed by atoms with Crippen LogP contribution in [0, 0.1) is 0 Å². The van der Waals surface area contributed by atoms with E-state index in [9.17, 15) is 0 Å². The quantitative estimate of drug-likeness (QED) is 0.830. The van der Waals surface area contributed by atoms with E-state index in [1.807, 2.05) is 30.0 Å². The molecule has 14 heavy (non-hydrogen) atoms. The van der Waals surface area contributed by atoms with Crippen molar-refractivity contribution in [2.45, 2.75) is 42.6 Å². The average molecular weight is 209 g/mol. The zero-order valence-corrected chi connectivity index (χ0v) is 8.96. The summed E-state index contributed by atoms with van der Waals surface area (Å²) < 4.78 is 0. The molecule has 0 aliphatic heterocycles. The van der Waals surface area contributed by atoms with Gasteiger partial charge in [0.2, 0.25) is 0 Å². The third-order valence-corrected chi connectivity index (χ3v) is 3.81. The SMILES string of the molecule is OCc1cccc(SC2CCCC2)n1. The number of aliphatic hydroxyl groups excluding tert-OH is 1. The molecule has 1 aliphatic rings. The first-order valence-electron chi connectivity index (χ1n) is 5.12. The molecule has 0 saturated heterocycles. The summed E-state index contributed by atoms with van der Waals surface area (Å²) in [6.07, 6.45) is 5.35. The highest BCUT2D eigenvalue weighted by atomic mass is 32.2. The van der Waals surface area contributed by atoms with Gasteiger partial charge in [-0.1, -0.05) is 18.9 Å². The van der Waals surface area contributed by atoms with E-state index in [4.69, 9.17) is 5.11 Å². The normalized spacial score (nSPS) is 17.5. The molecule has 0 atom stereocenters. The molecule has 0 unspecified atom stereocenters. The van der Waals surface area contributed by atoms with Crippen molar-refractivity contribution in [3.63, 3.8) is 0 Å². The predicted octanol–water partition coefficient (Wildman–Crippen LogP) is 2.61. The first-order chi connectivity index (χ1) is 6.88. The lowest BCUT2D eigenvalue weighted by Gasteiger charge is -2.07. The highest BCUT2D eigenvalue weighted by Crippen LogP contribution is 2.33. The first kappa shape index (κ1) is 9.99. The van der Waals surface area contributed by atoms with Crippen LogP contribution in [0.3, 0.4) is 0 Å². The van der Waals surface area contributed by atoms with Crippen molar-refractivity contribution in [1.29, 1.82) is 0 Å². The fourth-order valence-corrected chi connectivity index (χ4v) is 3.03. The van der Waals surface area contributed by atoms with E-state index in [0.717, 1.165) is 16.0 Å². The van der Waals surface area contributed by atoms with Gasteiger partial charge < -0.3 is 5.11 Å². The van der Waals surface area contributed by atoms with Crippen molar-refractivity contribution in [3.8, 4) is 0 Å². The summed E-state index contributed by atoms with van der Waals surface area (Å²) in [6, 6.07) is 5.86. The van der Waals surface area contributed by atoms with Crippen LogP contribution in [0.15, 0.2) is 23.2 Å². The zero-order valence-electron chi connectivity index (χ0n) is 8.15. The number of nitrogens with zero attached hydrogens (tertiary/aromatic N) is 1. The minimum absolute atomic E-state index is 0.0407. The number of aliphatic hydroxyl groups is 1. The van der Waals surface area contributed by atoms with Crippen LogP contribution in [0.25, 0.3) is 0 Å². The molecule has 1 fully saturated rings. The third kappa shape index (κ3) is 2.49. The Morgan fingerprint density at radius 3 is 2.86 bits per heavy atom.